The van der Waals surface area contributed by atoms with Crippen LogP contribution >= 0.6 is 15.6 Å². The second-order valence-electron chi connectivity index (χ2n) is 27.2. The van der Waals surface area contributed by atoms with Gasteiger partial charge in [0, 0.05) is 25.7 Å². The average molecular weight is 1370 g/mol. The molecular weight excluding hydrogens is 1220 g/mol. The molecule has 0 rings (SSSR count). The molecule has 0 aliphatic carbocycles. The summed E-state index contributed by atoms with van der Waals surface area (Å²) < 4.78 is 68.4. The van der Waals surface area contributed by atoms with Crippen molar-refractivity contribution in [3.8, 4) is 0 Å². The molecule has 3 N–H and O–H groups in total. The number of phosphoric acid groups is 2. The lowest BCUT2D eigenvalue weighted by Gasteiger charge is -2.21. The van der Waals surface area contributed by atoms with E-state index in [0.717, 1.165) is 95.8 Å². The Bertz CT molecular complexity index is 1790. The summed E-state index contributed by atoms with van der Waals surface area (Å²) in [4.78, 5) is 72.7. The lowest BCUT2D eigenvalue weighted by Crippen LogP contribution is -2.30. The maximum atomic E-state index is 13.1. The Balaban J connectivity index is 5.23. The first-order valence-electron chi connectivity index (χ1n) is 38.6. The molecule has 0 aromatic heterocycles. The van der Waals surface area contributed by atoms with Crippen molar-refractivity contribution in [1.29, 1.82) is 0 Å². The van der Waals surface area contributed by atoms with Crippen molar-refractivity contribution in [1.82, 2.24) is 0 Å². The van der Waals surface area contributed by atoms with Crippen molar-refractivity contribution < 1.29 is 80.2 Å². The topological polar surface area (TPSA) is 237 Å². The average Bonchev–Trinajstić information content (AvgIpc) is 1.88. The molecule has 0 radical (unpaired) electrons. The molecule has 19 heteroatoms. The van der Waals surface area contributed by atoms with Crippen LogP contribution in [0.4, 0.5) is 0 Å². The Labute approximate surface area is 568 Å². The van der Waals surface area contributed by atoms with Gasteiger partial charge in [0.05, 0.1) is 26.4 Å². The fourth-order valence-corrected chi connectivity index (χ4v) is 12.9. The van der Waals surface area contributed by atoms with E-state index < -0.39 is 97.5 Å². The summed E-state index contributed by atoms with van der Waals surface area (Å²) >= 11 is 0. The van der Waals surface area contributed by atoms with E-state index in [0.29, 0.717) is 25.7 Å². The van der Waals surface area contributed by atoms with Crippen LogP contribution in [0.3, 0.4) is 0 Å². The van der Waals surface area contributed by atoms with Gasteiger partial charge < -0.3 is 33.8 Å². The monoisotopic (exact) mass is 1370 g/mol. The summed E-state index contributed by atoms with van der Waals surface area (Å²) in [5.41, 5.74) is 0. The molecule has 0 heterocycles. The Kier molecular flexibility index (Phi) is 65.9. The molecule has 5 atom stereocenters. The molecule has 93 heavy (non-hydrogen) atoms. The van der Waals surface area contributed by atoms with Gasteiger partial charge in [-0.25, -0.2) is 9.13 Å². The number of ether oxygens (including phenoxy) is 4. The normalized spacial score (nSPS) is 14.0. The van der Waals surface area contributed by atoms with Gasteiger partial charge in [0.25, 0.3) is 0 Å². The predicted molar refractivity (Wildman–Crippen MR) is 377 cm³/mol. The number of aliphatic hydroxyl groups is 1. The van der Waals surface area contributed by atoms with Crippen LogP contribution in [0.5, 0.6) is 0 Å². The van der Waals surface area contributed by atoms with Crippen LogP contribution in [0.15, 0.2) is 0 Å². The highest BCUT2D eigenvalue weighted by molar-refractivity contribution is 7.47. The first-order chi connectivity index (χ1) is 45.0. The largest absolute Gasteiger partial charge is 0.472 e. The first-order valence-corrected chi connectivity index (χ1v) is 41.6. The highest BCUT2D eigenvalue weighted by Gasteiger charge is 2.30. The summed E-state index contributed by atoms with van der Waals surface area (Å²) in [7, 11) is -9.90. The third-order valence-corrected chi connectivity index (χ3v) is 19.2. The zero-order valence-corrected chi connectivity index (χ0v) is 62.2. The number of unbranched alkanes of at least 4 members (excludes halogenated alkanes) is 46. The lowest BCUT2D eigenvalue weighted by molar-refractivity contribution is -0.161. The van der Waals surface area contributed by atoms with Crippen molar-refractivity contribution in [2.24, 2.45) is 5.92 Å². The Morgan fingerprint density at radius 3 is 0.731 bits per heavy atom. The van der Waals surface area contributed by atoms with Crippen molar-refractivity contribution in [2.45, 2.75) is 406 Å². The van der Waals surface area contributed by atoms with Crippen LogP contribution in [-0.4, -0.2) is 96.7 Å². The quantitative estimate of drug-likeness (QED) is 0.0222. The van der Waals surface area contributed by atoms with Crippen LogP contribution in [0.25, 0.3) is 0 Å². The molecule has 552 valence electrons. The van der Waals surface area contributed by atoms with Crippen LogP contribution < -0.4 is 0 Å². The summed E-state index contributed by atoms with van der Waals surface area (Å²) in [5.74, 6) is -1.32. The minimum atomic E-state index is -4.95. The van der Waals surface area contributed by atoms with E-state index in [1.54, 1.807) is 0 Å². The smallest absolute Gasteiger partial charge is 0.462 e. The number of phosphoric ester groups is 2. The van der Waals surface area contributed by atoms with Crippen molar-refractivity contribution >= 4 is 39.5 Å². The molecule has 0 spiro atoms. The molecule has 17 nitrogen and oxygen atoms in total. The molecule has 0 aliphatic rings. The number of carbonyl (C=O) groups is 4. The second-order valence-corrected chi connectivity index (χ2v) is 30.1. The number of aliphatic hydroxyl groups excluding tert-OH is 1. The van der Waals surface area contributed by atoms with Crippen molar-refractivity contribution in [2.75, 3.05) is 39.6 Å². The minimum Gasteiger partial charge on any atom is -0.462 e. The Morgan fingerprint density at radius 1 is 0.290 bits per heavy atom. The van der Waals surface area contributed by atoms with Gasteiger partial charge in [0.2, 0.25) is 0 Å². The number of carbonyl (C=O) groups excluding carboxylic acids is 4. The maximum Gasteiger partial charge on any atom is 0.472 e. The summed E-state index contributed by atoms with van der Waals surface area (Å²) in [6, 6.07) is 0. The standard InChI is InChI=1S/C74H144O17P2/c1-6-9-12-15-18-21-23-25-26-30-34-38-43-48-53-58-72(77)85-64-70(91-74(79)60-55-50-45-40-35-31-28-27-29-32-37-41-46-51-56-67(4)5)66-89-93(82,83)87-62-68(75)61-86-92(80,81)88-65-69(63-84-71(76)57-52-47-42-36-20-17-14-11-8-3)90-73(78)59-54-49-44-39-33-24-22-19-16-13-10-7-2/h67-70,75H,6-66H2,1-5H3,(H,80,81)(H,82,83)/t68-,69+,70+/m0/s1. The van der Waals surface area contributed by atoms with E-state index in [2.05, 4.69) is 34.6 Å². The minimum absolute atomic E-state index is 0.108. The molecule has 0 saturated carbocycles. The van der Waals surface area contributed by atoms with Crippen LogP contribution in [0.1, 0.15) is 388 Å². The Morgan fingerprint density at radius 2 is 0.495 bits per heavy atom. The molecule has 0 aromatic rings. The predicted octanol–water partition coefficient (Wildman–Crippen LogP) is 21.7. The van der Waals surface area contributed by atoms with E-state index >= 15 is 0 Å². The molecule has 0 aliphatic heterocycles. The zero-order chi connectivity index (χ0) is 68.4. The maximum absolute atomic E-state index is 13.1. The van der Waals surface area contributed by atoms with Gasteiger partial charge in [-0.05, 0) is 31.6 Å². The third-order valence-electron chi connectivity index (χ3n) is 17.3. The molecule has 0 amide bonds. The van der Waals surface area contributed by atoms with Gasteiger partial charge >= 0.3 is 39.5 Å². The first kappa shape index (κ1) is 91.1. The number of rotatable bonds is 74. The third kappa shape index (κ3) is 68.4. The summed E-state index contributed by atoms with van der Waals surface area (Å²) in [6.45, 7) is 7.29. The fraction of sp³-hybridized carbons (Fsp3) is 0.946. The second kappa shape index (κ2) is 67.3. The van der Waals surface area contributed by atoms with Gasteiger partial charge in [-0.3, -0.25) is 37.3 Å². The molecule has 0 saturated heterocycles. The van der Waals surface area contributed by atoms with E-state index in [4.69, 9.17) is 37.0 Å². The highest BCUT2D eigenvalue weighted by Crippen LogP contribution is 2.45. The van der Waals surface area contributed by atoms with Crippen molar-refractivity contribution in [3.63, 3.8) is 0 Å². The van der Waals surface area contributed by atoms with E-state index in [-0.39, 0.29) is 25.7 Å². The van der Waals surface area contributed by atoms with Gasteiger partial charge in [0.15, 0.2) is 12.2 Å². The number of hydrogen-bond donors (Lipinski definition) is 3. The highest BCUT2D eigenvalue weighted by atomic mass is 31.2. The van der Waals surface area contributed by atoms with E-state index in [1.165, 1.54) is 212 Å². The fourth-order valence-electron chi connectivity index (χ4n) is 11.4. The molecule has 0 bridgehead atoms. The van der Waals surface area contributed by atoms with Gasteiger partial charge in [-0.15, -0.1) is 0 Å². The van der Waals surface area contributed by atoms with E-state index in [9.17, 15) is 43.2 Å². The molecule has 0 fully saturated rings. The van der Waals surface area contributed by atoms with Gasteiger partial charge in [-0.2, -0.15) is 0 Å². The summed E-state index contributed by atoms with van der Waals surface area (Å²) in [5, 5.41) is 10.6. The molecule has 0 aromatic carbocycles. The van der Waals surface area contributed by atoms with E-state index in [1.807, 2.05) is 0 Å². The lowest BCUT2D eigenvalue weighted by atomic mass is 10.0. The summed E-state index contributed by atoms with van der Waals surface area (Å²) in [6.07, 6.45) is 55.3. The van der Waals surface area contributed by atoms with Crippen molar-refractivity contribution in [3.05, 3.63) is 0 Å². The molecular formula is C74H144O17P2. The SMILES string of the molecule is CCCCCCCCCCCCCCCCCC(=O)OC[C@H](COP(=O)(O)OC[C@@H](O)COP(=O)(O)OC[C@@H](COC(=O)CCCCCCCCCCC)OC(=O)CCCCCCCCCCCCCC)OC(=O)CCCCCCCCCCCCCCCCC(C)C. The Hall–Kier alpha value is -1.94. The zero-order valence-electron chi connectivity index (χ0n) is 60.4. The number of hydrogen-bond acceptors (Lipinski definition) is 15. The van der Waals surface area contributed by atoms with Gasteiger partial charge in [0.1, 0.15) is 19.3 Å². The van der Waals surface area contributed by atoms with Gasteiger partial charge in [-0.1, -0.05) is 336 Å². The van der Waals surface area contributed by atoms with Crippen LogP contribution in [0.2, 0.25) is 0 Å². The van der Waals surface area contributed by atoms with Crippen LogP contribution in [-0.2, 0) is 65.4 Å². The molecule has 2 unspecified atom stereocenters. The number of esters is 4. The van der Waals surface area contributed by atoms with Crippen LogP contribution in [0, 0.1) is 5.92 Å².